The number of nitrogens with one attached hydrogen (secondary N) is 2. The molecule has 0 bridgehead atoms. The molecule has 3 rings (SSSR count). The van der Waals surface area contributed by atoms with Gasteiger partial charge in [0, 0.05) is 18.2 Å². The van der Waals surface area contributed by atoms with E-state index < -0.39 is 0 Å². The van der Waals surface area contributed by atoms with Crippen LogP contribution in [0.3, 0.4) is 0 Å². The molecule has 1 amide bonds. The lowest BCUT2D eigenvalue weighted by Crippen LogP contribution is -2.41. The number of H-pyrrole nitrogens is 1. The molecule has 0 saturated carbocycles. The molecule has 5 nitrogen and oxygen atoms in total. The van der Waals surface area contributed by atoms with Crippen LogP contribution in [0.1, 0.15) is 30.2 Å². The Kier molecular flexibility index (Phi) is 4.42. The average Bonchev–Trinajstić information content (AvgIpc) is 3.01. The van der Waals surface area contributed by atoms with Gasteiger partial charge >= 0.3 is 0 Å². The Balaban J connectivity index is 1.51. The van der Waals surface area contributed by atoms with Crippen molar-refractivity contribution in [2.24, 2.45) is 0 Å². The van der Waals surface area contributed by atoms with Gasteiger partial charge in [-0.3, -0.25) is 9.89 Å². The zero-order valence-corrected chi connectivity index (χ0v) is 12.8. The highest BCUT2D eigenvalue weighted by atomic mass is 16.5. The molecule has 5 heteroatoms. The number of para-hydroxylation sites is 1. The van der Waals surface area contributed by atoms with Crippen molar-refractivity contribution >= 4 is 5.91 Å². The van der Waals surface area contributed by atoms with Crippen LogP contribution >= 0.6 is 0 Å². The Morgan fingerprint density at radius 3 is 3.18 bits per heavy atom. The number of aromatic amines is 1. The maximum atomic E-state index is 12.1. The molecule has 0 radical (unpaired) electrons. The number of nitrogens with zero attached hydrogens (tertiary/aromatic N) is 1. The minimum Gasteiger partial charge on any atom is -0.483 e. The topological polar surface area (TPSA) is 67.0 Å². The van der Waals surface area contributed by atoms with Gasteiger partial charge in [-0.15, -0.1) is 0 Å². The van der Waals surface area contributed by atoms with E-state index in [0.717, 1.165) is 42.7 Å². The molecule has 2 aromatic rings. The van der Waals surface area contributed by atoms with Gasteiger partial charge in [-0.05, 0) is 36.5 Å². The molecule has 0 fully saturated rings. The zero-order chi connectivity index (χ0) is 15.4. The maximum absolute atomic E-state index is 12.1. The summed E-state index contributed by atoms with van der Waals surface area (Å²) in [6.45, 7) is 2.13. The lowest BCUT2D eigenvalue weighted by Gasteiger charge is -2.22. The molecule has 1 heterocycles. The third-order valence-corrected chi connectivity index (χ3v) is 4.10. The number of carbonyl (C=O) groups is 1. The first-order valence-corrected chi connectivity index (χ1v) is 7.77. The fourth-order valence-corrected chi connectivity index (χ4v) is 2.88. The number of carbonyl (C=O) groups excluding carboxylic acids is 1. The van der Waals surface area contributed by atoms with Crippen molar-refractivity contribution in [3.63, 3.8) is 0 Å². The quantitative estimate of drug-likeness (QED) is 0.887. The molecule has 1 aromatic carbocycles. The third-order valence-electron chi connectivity index (χ3n) is 4.10. The fraction of sp³-hybridized carbons (Fsp3) is 0.412. The minimum atomic E-state index is -0.0705. The summed E-state index contributed by atoms with van der Waals surface area (Å²) in [6, 6.07) is 7.99. The first-order valence-electron chi connectivity index (χ1n) is 7.77. The van der Waals surface area contributed by atoms with Crippen molar-refractivity contribution in [3.8, 4) is 5.75 Å². The second-order valence-corrected chi connectivity index (χ2v) is 5.63. The molecule has 0 saturated heterocycles. The van der Waals surface area contributed by atoms with Gasteiger partial charge in [0.15, 0.2) is 6.61 Å². The summed E-state index contributed by atoms with van der Waals surface area (Å²) in [7, 11) is 0. The first-order chi connectivity index (χ1) is 10.8. The van der Waals surface area contributed by atoms with E-state index in [0.29, 0.717) is 0 Å². The second kappa shape index (κ2) is 6.64. The summed E-state index contributed by atoms with van der Waals surface area (Å²) in [5, 5.41) is 10.1. The molecule has 1 unspecified atom stereocenters. The molecule has 22 heavy (non-hydrogen) atoms. The fourth-order valence-electron chi connectivity index (χ4n) is 2.88. The van der Waals surface area contributed by atoms with Crippen molar-refractivity contribution in [2.75, 3.05) is 6.61 Å². The van der Waals surface area contributed by atoms with Crippen LogP contribution in [0.2, 0.25) is 0 Å². The van der Waals surface area contributed by atoms with Gasteiger partial charge in [0.25, 0.3) is 5.91 Å². The highest BCUT2D eigenvalue weighted by Gasteiger charge is 2.21. The second-order valence-electron chi connectivity index (χ2n) is 5.63. The largest absolute Gasteiger partial charge is 0.483 e. The predicted molar refractivity (Wildman–Crippen MR) is 83.9 cm³/mol. The Morgan fingerprint density at radius 2 is 2.32 bits per heavy atom. The van der Waals surface area contributed by atoms with E-state index in [1.54, 1.807) is 0 Å². The molecule has 1 aromatic heterocycles. The molecule has 1 atom stereocenters. The standard InChI is InChI=1S/C17H21N3O2/c1-2-12-5-3-4-6-16(12)22-11-17(21)19-14-8-7-13-10-18-20-15(13)9-14/h3-6,10,14H,2,7-9,11H2,1H3,(H,18,20)(H,19,21). The van der Waals surface area contributed by atoms with Crippen LogP contribution in [0.4, 0.5) is 0 Å². The van der Waals surface area contributed by atoms with Gasteiger partial charge < -0.3 is 10.1 Å². The number of fused-ring (bicyclic) bond motifs is 1. The Hall–Kier alpha value is -2.30. The van der Waals surface area contributed by atoms with Crippen LogP contribution < -0.4 is 10.1 Å². The number of amides is 1. The summed E-state index contributed by atoms with van der Waals surface area (Å²) in [5.41, 5.74) is 3.52. The zero-order valence-electron chi connectivity index (χ0n) is 12.8. The van der Waals surface area contributed by atoms with Crippen LogP contribution in [-0.4, -0.2) is 28.8 Å². The van der Waals surface area contributed by atoms with Crippen LogP contribution in [0.5, 0.6) is 5.75 Å². The number of aryl methyl sites for hydroxylation is 2. The molecule has 1 aliphatic carbocycles. The van der Waals surface area contributed by atoms with E-state index in [2.05, 4.69) is 22.4 Å². The Bertz CT molecular complexity index is 651. The van der Waals surface area contributed by atoms with Crippen molar-refractivity contribution in [1.82, 2.24) is 15.5 Å². The van der Waals surface area contributed by atoms with Gasteiger partial charge in [0.05, 0.1) is 6.20 Å². The molecular formula is C17H21N3O2. The smallest absolute Gasteiger partial charge is 0.258 e. The number of aromatic nitrogens is 2. The average molecular weight is 299 g/mol. The van der Waals surface area contributed by atoms with Crippen molar-refractivity contribution in [2.45, 2.75) is 38.6 Å². The summed E-state index contributed by atoms with van der Waals surface area (Å²) < 4.78 is 5.65. The van der Waals surface area contributed by atoms with Crippen molar-refractivity contribution < 1.29 is 9.53 Å². The van der Waals surface area contributed by atoms with Crippen LogP contribution in [0, 0.1) is 0 Å². The summed E-state index contributed by atoms with van der Waals surface area (Å²) in [5.74, 6) is 0.721. The molecule has 116 valence electrons. The highest BCUT2D eigenvalue weighted by Crippen LogP contribution is 2.19. The lowest BCUT2D eigenvalue weighted by atomic mass is 9.94. The lowest BCUT2D eigenvalue weighted by molar-refractivity contribution is -0.123. The van der Waals surface area contributed by atoms with E-state index in [1.165, 1.54) is 5.56 Å². The SMILES string of the molecule is CCc1ccccc1OCC(=O)NC1CCc2cn[nH]c2C1. The van der Waals surface area contributed by atoms with Gasteiger partial charge in [-0.1, -0.05) is 25.1 Å². The number of hydrogen-bond acceptors (Lipinski definition) is 3. The van der Waals surface area contributed by atoms with E-state index in [-0.39, 0.29) is 18.6 Å². The maximum Gasteiger partial charge on any atom is 0.258 e. The molecule has 2 N–H and O–H groups in total. The van der Waals surface area contributed by atoms with E-state index in [1.807, 2.05) is 30.5 Å². The number of hydrogen-bond donors (Lipinski definition) is 2. The van der Waals surface area contributed by atoms with Gasteiger partial charge in [0.1, 0.15) is 5.75 Å². The van der Waals surface area contributed by atoms with Crippen LogP contribution in [0.25, 0.3) is 0 Å². The van der Waals surface area contributed by atoms with Gasteiger partial charge in [0.2, 0.25) is 0 Å². The first kappa shape index (κ1) is 14.6. The van der Waals surface area contributed by atoms with Crippen LogP contribution in [-0.2, 0) is 24.1 Å². The van der Waals surface area contributed by atoms with E-state index in [9.17, 15) is 4.79 Å². The summed E-state index contributed by atoms with van der Waals surface area (Å²) in [6.07, 6.45) is 5.48. The monoisotopic (exact) mass is 299 g/mol. The molecular weight excluding hydrogens is 278 g/mol. The third kappa shape index (κ3) is 3.30. The Morgan fingerprint density at radius 1 is 1.45 bits per heavy atom. The highest BCUT2D eigenvalue weighted by molar-refractivity contribution is 5.78. The number of ether oxygens (including phenoxy) is 1. The summed E-state index contributed by atoms with van der Waals surface area (Å²) >= 11 is 0. The normalized spacial score (nSPS) is 16.9. The predicted octanol–water partition coefficient (Wildman–Crippen LogP) is 2.02. The molecule has 0 spiro atoms. The molecule has 0 aliphatic heterocycles. The summed E-state index contributed by atoms with van der Waals surface area (Å²) in [4.78, 5) is 12.1. The number of rotatable bonds is 5. The van der Waals surface area contributed by atoms with Gasteiger partial charge in [-0.25, -0.2) is 0 Å². The minimum absolute atomic E-state index is 0.0589. The van der Waals surface area contributed by atoms with Crippen molar-refractivity contribution in [1.29, 1.82) is 0 Å². The Labute approximate surface area is 130 Å². The van der Waals surface area contributed by atoms with Crippen LogP contribution in [0.15, 0.2) is 30.5 Å². The van der Waals surface area contributed by atoms with E-state index in [4.69, 9.17) is 4.74 Å². The van der Waals surface area contributed by atoms with Gasteiger partial charge in [-0.2, -0.15) is 5.10 Å². The number of benzene rings is 1. The van der Waals surface area contributed by atoms with Crippen molar-refractivity contribution in [3.05, 3.63) is 47.3 Å². The molecule has 1 aliphatic rings. The van der Waals surface area contributed by atoms with E-state index >= 15 is 0 Å².